The molecule has 0 aliphatic rings. The van der Waals surface area contributed by atoms with E-state index in [1.807, 2.05) is 0 Å². The van der Waals surface area contributed by atoms with Crippen molar-refractivity contribution >= 4 is 20.2 Å². The zero-order valence-electron chi connectivity index (χ0n) is 11.7. The van der Waals surface area contributed by atoms with Crippen LogP contribution >= 0.6 is 0 Å². The van der Waals surface area contributed by atoms with Gasteiger partial charge in [-0.15, -0.1) is 0 Å². The molecule has 8 heteroatoms. The molecule has 0 aliphatic carbocycles. The summed E-state index contributed by atoms with van der Waals surface area (Å²) in [5.41, 5.74) is 1.32. The Balaban J connectivity index is 2.06. The second-order valence-corrected chi connectivity index (χ2v) is 7.65. The first-order valence-electron chi connectivity index (χ1n) is 6.25. The molecular weight excluding hydrogens is 328 g/mol. The van der Waals surface area contributed by atoms with E-state index in [0.717, 1.165) is 5.56 Å². The minimum Gasteiger partial charge on any atom is -0.197 e. The summed E-state index contributed by atoms with van der Waals surface area (Å²) in [5, 5.41) is 0. The molecule has 2 aromatic carbocycles. The summed E-state index contributed by atoms with van der Waals surface area (Å²) in [6, 6.07) is 13.9. The molecule has 0 aromatic heterocycles. The largest absolute Gasteiger partial charge is 0.324 e. The Morgan fingerprint density at radius 1 is 0.818 bits per heavy atom. The molecule has 0 aliphatic heterocycles. The quantitative estimate of drug-likeness (QED) is 0.590. The molecule has 0 fully saturated rings. The summed E-state index contributed by atoms with van der Waals surface area (Å²) in [4.78, 5) is -0.187. The summed E-state index contributed by atoms with van der Waals surface area (Å²) in [6.07, 6.45) is 0. The van der Waals surface area contributed by atoms with Gasteiger partial charge < -0.3 is 0 Å². The van der Waals surface area contributed by atoms with E-state index in [-0.39, 0.29) is 4.90 Å². The standard InChI is InChI=1S/C14H14O6S2/c1-12-7-9-14(10-8-12)22(17,18)20-19-21(15,16)11-13-5-3-2-4-6-13/h2-10H,11H2,1H3. The second kappa shape index (κ2) is 6.57. The van der Waals surface area contributed by atoms with Crippen LogP contribution in [0, 0.1) is 6.92 Å². The fourth-order valence-corrected chi connectivity index (χ4v) is 3.45. The van der Waals surface area contributed by atoms with Crippen molar-refractivity contribution in [2.24, 2.45) is 0 Å². The van der Waals surface area contributed by atoms with Crippen LogP contribution in [0.15, 0.2) is 59.5 Å². The predicted molar refractivity (Wildman–Crippen MR) is 79.6 cm³/mol. The molecule has 0 unspecified atom stereocenters. The van der Waals surface area contributed by atoms with Crippen LogP contribution < -0.4 is 0 Å². The lowest BCUT2D eigenvalue weighted by molar-refractivity contribution is -0.0854. The number of hydrogen-bond donors (Lipinski definition) is 0. The van der Waals surface area contributed by atoms with Crippen LogP contribution in [0.4, 0.5) is 0 Å². The van der Waals surface area contributed by atoms with Gasteiger partial charge in [-0.1, -0.05) is 56.7 Å². The molecule has 2 rings (SSSR count). The Bertz CT molecular complexity index is 825. The van der Waals surface area contributed by atoms with E-state index in [0.29, 0.717) is 5.56 Å². The highest BCUT2D eigenvalue weighted by atomic mass is 32.2. The summed E-state index contributed by atoms with van der Waals surface area (Å²) >= 11 is 0. The van der Waals surface area contributed by atoms with E-state index >= 15 is 0 Å². The number of rotatable bonds is 6. The van der Waals surface area contributed by atoms with Gasteiger partial charge in [0.15, 0.2) is 0 Å². The SMILES string of the molecule is Cc1ccc(S(=O)(=O)OOS(=O)(=O)Cc2ccccc2)cc1. The third-order valence-corrected chi connectivity index (χ3v) is 4.86. The Labute approximate surface area is 129 Å². The van der Waals surface area contributed by atoms with Gasteiger partial charge in [-0.2, -0.15) is 16.8 Å². The maximum absolute atomic E-state index is 11.8. The topological polar surface area (TPSA) is 86.7 Å². The molecule has 118 valence electrons. The molecule has 0 bridgehead atoms. The van der Waals surface area contributed by atoms with Crippen molar-refractivity contribution < 1.29 is 25.5 Å². The molecule has 0 heterocycles. The highest BCUT2D eigenvalue weighted by molar-refractivity contribution is 7.88. The van der Waals surface area contributed by atoms with Crippen LogP contribution in [-0.2, 0) is 34.7 Å². The molecule has 0 atom stereocenters. The van der Waals surface area contributed by atoms with Crippen LogP contribution in [0.1, 0.15) is 11.1 Å². The highest BCUT2D eigenvalue weighted by Gasteiger charge is 2.22. The van der Waals surface area contributed by atoms with Gasteiger partial charge in [0.1, 0.15) is 5.75 Å². The first-order valence-corrected chi connectivity index (χ1v) is 9.23. The maximum atomic E-state index is 11.8. The highest BCUT2D eigenvalue weighted by Crippen LogP contribution is 2.16. The molecule has 6 nitrogen and oxygen atoms in total. The van der Waals surface area contributed by atoms with Crippen LogP contribution in [-0.4, -0.2) is 16.8 Å². The van der Waals surface area contributed by atoms with Crippen molar-refractivity contribution in [3.05, 3.63) is 65.7 Å². The van der Waals surface area contributed by atoms with E-state index in [9.17, 15) is 16.8 Å². The van der Waals surface area contributed by atoms with Gasteiger partial charge in [0.2, 0.25) is 0 Å². The van der Waals surface area contributed by atoms with Crippen molar-refractivity contribution in [1.82, 2.24) is 0 Å². The van der Waals surface area contributed by atoms with Gasteiger partial charge in [0.25, 0.3) is 10.1 Å². The molecule has 0 N–H and O–H groups in total. The smallest absolute Gasteiger partial charge is 0.197 e. The summed E-state index contributed by atoms with van der Waals surface area (Å²) < 4.78 is 55.4. The van der Waals surface area contributed by atoms with Gasteiger partial charge in [0.05, 0.1) is 4.90 Å². The third kappa shape index (κ3) is 4.63. The number of hydrogen-bond acceptors (Lipinski definition) is 6. The van der Waals surface area contributed by atoms with E-state index < -0.39 is 26.0 Å². The fourth-order valence-electron chi connectivity index (χ4n) is 1.63. The zero-order valence-corrected chi connectivity index (χ0v) is 13.3. The van der Waals surface area contributed by atoms with Gasteiger partial charge in [0, 0.05) is 0 Å². The lowest BCUT2D eigenvalue weighted by atomic mass is 10.2. The average Bonchev–Trinajstić information content (AvgIpc) is 2.47. The van der Waals surface area contributed by atoms with E-state index in [2.05, 4.69) is 8.67 Å². The van der Waals surface area contributed by atoms with Crippen LogP contribution in [0.5, 0.6) is 0 Å². The lowest BCUT2D eigenvalue weighted by Gasteiger charge is -2.06. The summed E-state index contributed by atoms with van der Waals surface area (Å²) in [7, 11) is -8.49. The molecule has 0 radical (unpaired) electrons. The third-order valence-electron chi connectivity index (χ3n) is 2.72. The summed E-state index contributed by atoms with van der Waals surface area (Å²) in [5.74, 6) is -0.489. The molecule has 0 amide bonds. The monoisotopic (exact) mass is 342 g/mol. The predicted octanol–water partition coefficient (Wildman–Crippen LogP) is 2.16. The van der Waals surface area contributed by atoms with Gasteiger partial charge in [-0.05, 0) is 24.6 Å². The maximum Gasteiger partial charge on any atom is 0.324 e. The van der Waals surface area contributed by atoms with Gasteiger partial charge in [-0.25, -0.2) is 0 Å². The van der Waals surface area contributed by atoms with E-state index in [1.54, 1.807) is 49.4 Å². The minimum atomic E-state index is -4.30. The van der Waals surface area contributed by atoms with Crippen LogP contribution in [0.3, 0.4) is 0 Å². The molecule has 22 heavy (non-hydrogen) atoms. The van der Waals surface area contributed by atoms with Crippen molar-refractivity contribution in [2.45, 2.75) is 17.6 Å². The molecule has 0 saturated heterocycles. The lowest BCUT2D eigenvalue weighted by Crippen LogP contribution is -2.14. The normalized spacial score (nSPS) is 12.2. The fraction of sp³-hybridized carbons (Fsp3) is 0.143. The Kier molecular flexibility index (Phi) is 4.97. The van der Waals surface area contributed by atoms with Gasteiger partial charge in [-0.3, -0.25) is 0 Å². The van der Waals surface area contributed by atoms with E-state index in [4.69, 9.17) is 0 Å². The van der Waals surface area contributed by atoms with Gasteiger partial charge >= 0.3 is 10.1 Å². The molecular formula is C14H14O6S2. The summed E-state index contributed by atoms with van der Waals surface area (Å²) in [6.45, 7) is 1.79. The zero-order chi connectivity index (χ0) is 16.2. The Hall–Kier alpha value is -1.74. The second-order valence-electron chi connectivity index (χ2n) is 4.59. The van der Waals surface area contributed by atoms with Crippen molar-refractivity contribution in [2.75, 3.05) is 0 Å². The minimum absolute atomic E-state index is 0.187. The van der Waals surface area contributed by atoms with Crippen molar-refractivity contribution in [3.8, 4) is 0 Å². The van der Waals surface area contributed by atoms with Crippen molar-refractivity contribution in [1.29, 1.82) is 0 Å². The molecule has 0 saturated carbocycles. The van der Waals surface area contributed by atoms with E-state index in [1.165, 1.54) is 12.1 Å². The Morgan fingerprint density at radius 2 is 1.41 bits per heavy atom. The number of benzene rings is 2. The molecule has 2 aromatic rings. The first kappa shape index (κ1) is 16.6. The number of aryl methyl sites for hydroxylation is 1. The van der Waals surface area contributed by atoms with Crippen LogP contribution in [0.25, 0.3) is 0 Å². The molecule has 0 spiro atoms. The Morgan fingerprint density at radius 3 is 2.00 bits per heavy atom. The van der Waals surface area contributed by atoms with Crippen LogP contribution in [0.2, 0.25) is 0 Å². The average molecular weight is 342 g/mol. The first-order chi connectivity index (χ1) is 10.3. The van der Waals surface area contributed by atoms with Crippen molar-refractivity contribution in [3.63, 3.8) is 0 Å².